The summed E-state index contributed by atoms with van der Waals surface area (Å²) in [7, 11) is 0. The number of carbonyl (C=O) groups excluding carboxylic acids is 2. The maximum atomic E-state index is 13.2. The van der Waals surface area contributed by atoms with E-state index in [1.165, 1.54) is 6.92 Å². The van der Waals surface area contributed by atoms with Crippen LogP contribution in [0.5, 0.6) is 0 Å². The summed E-state index contributed by atoms with van der Waals surface area (Å²) < 4.78 is 5.56. The number of urea groups is 1. The maximum absolute atomic E-state index is 13.2. The third kappa shape index (κ3) is 4.22. The Morgan fingerprint density at radius 3 is 2.64 bits per heavy atom. The molecule has 2 aromatic heterocycles. The van der Waals surface area contributed by atoms with Crippen molar-refractivity contribution in [3.8, 4) is 11.4 Å². The van der Waals surface area contributed by atoms with Crippen molar-refractivity contribution in [2.24, 2.45) is 0 Å². The van der Waals surface area contributed by atoms with E-state index in [1.54, 1.807) is 59.8 Å². The SMILES string of the molecule is CC(=O)c1ccc(NC(=O)N2Cc3[nH]cnc3CC2c2nc(-c3ccc(Cl)cc3)no2)cc1. The normalized spacial score (nSPS) is 15.2. The topological polar surface area (TPSA) is 117 Å². The number of ketones is 1. The van der Waals surface area contributed by atoms with E-state index in [0.29, 0.717) is 41.0 Å². The molecule has 1 atom stereocenters. The van der Waals surface area contributed by atoms with Gasteiger partial charge in [-0.2, -0.15) is 4.98 Å². The summed E-state index contributed by atoms with van der Waals surface area (Å²) in [6.45, 7) is 1.80. The molecule has 2 N–H and O–H groups in total. The van der Waals surface area contributed by atoms with E-state index in [0.717, 1.165) is 17.0 Å². The summed E-state index contributed by atoms with van der Waals surface area (Å²) in [6, 6.07) is 13.0. The molecule has 33 heavy (non-hydrogen) atoms. The molecule has 2 amide bonds. The van der Waals surface area contributed by atoms with E-state index in [-0.39, 0.29) is 11.8 Å². The molecule has 166 valence electrons. The molecule has 0 aliphatic carbocycles. The fraction of sp³-hybridized carbons (Fsp3) is 0.174. The van der Waals surface area contributed by atoms with Crippen LogP contribution in [-0.4, -0.2) is 36.8 Å². The third-order valence-corrected chi connectivity index (χ3v) is 5.78. The second-order valence-electron chi connectivity index (χ2n) is 7.70. The summed E-state index contributed by atoms with van der Waals surface area (Å²) in [6.07, 6.45) is 2.04. The van der Waals surface area contributed by atoms with E-state index in [4.69, 9.17) is 16.1 Å². The van der Waals surface area contributed by atoms with Gasteiger partial charge in [-0.3, -0.25) is 4.79 Å². The van der Waals surface area contributed by atoms with Gasteiger partial charge in [-0.1, -0.05) is 16.8 Å². The van der Waals surface area contributed by atoms with Gasteiger partial charge >= 0.3 is 6.03 Å². The number of H-pyrrole nitrogens is 1. The average molecular weight is 463 g/mol. The van der Waals surface area contributed by atoms with Crippen LogP contribution in [-0.2, 0) is 13.0 Å². The largest absolute Gasteiger partial charge is 0.347 e. The van der Waals surface area contributed by atoms with E-state index < -0.39 is 6.04 Å². The predicted octanol–water partition coefficient (Wildman–Crippen LogP) is 4.65. The highest BCUT2D eigenvalue weighted by Crippen LogP contribution is 2.33. The first-order valence-electron chi connectivity index (χ1n) is 10.3. The van der Waals surface area contributed by atoms with E-state index >= 15 is 0 Å². The molecule has 1 aliphatic rings. The third-order valence-electron chi connectivity index (χ3n) is 5.53. The molecule has 4 aromatic rings. The molecule has 1 unspecified atom stereocenters. The van der Waals surface area contributed by atoms with Crippen LogP contribution in [0.3, 0.4) is 0 Å². The van der Waals surface area contributed by atoms with Crippen LogP contribution in [0, 0.1) is 0 Å². The maximum Gasteiger partial charge on any atom is 0.322 e. The number of imidazole rings is 1. The molecule has 0 saturated heterocycles. The lowest BCUT2D eigenvalue weighted by Gasteiger charge is -2.32. The van der Waals surface area contributed by atoms with E-state index in [1.807, 2.05) is 0 Å². The lowest BCUT2D eigenvalue weighted by molar-refractivity contribution is 0.101. The van der Waals surface area contributed by atoms with Crippen LogP contribution in [0.4, 0.5) is 10.5 Å². The van der Waals surface area contributed by atoms with Crippen LogP contribution in [0.1, 0.15) is 40.6 Å². The molecule has 0 spiro atoms. The zero-order valence-electron chi connectivity index (χ0n) is 17.6. The van der Waals surface area contributed by atoms with Crippen molar-refractivity contribution in [2.75, 3.05) is 5.32 Å². The number of benzene rings is 2. The number of aromatic nitrogens is 4. The number of rotatable bonds is 4. The first kappa shape index (κ1) is 20.9. The van der Waals surface area contributed by atoms with Crippen LogP contribution in [0.25, 0.3) is 11.4 Å². The molecular weight excluding hydrogens is 444 g/mol. The lowest BCUT2D eigenvalue weighted by Crippen LogP contribution is -2.41. The van der Waals surface area contributed by atoms with Gasteiger partial charge in [-0.05, 0) is 55.5 Å². The minimum Gasteiger partial charge on any atom is -0.347 e. The molecule has 5 rings (SSSR count). The molecule has 0 fully saturated rings. The first-order chi connectivity index (χ1) is 16.0. The van der Waals surface area contributed by atoms with Gasteiger partial charge < -0.3 is 19.7 Å². The lowest BCUT2D eigenvalue weighted by atomic mass is 10.0. The predicted molar refractivity (Wildman–Crippen MR) is 121 cm³/mol. The van der Waals surface area contributed by atoms with Crippen LogP contribution >= 0.6 is 11.6 Å². The standard InChI is InChI=1S/C23H19ClN6O3/c1-13(31)14-4-8-17(9-5-14)27-23(32)30-11-19-18(25-12-26-19)10-20(30)22-28-21(29-33-22)15-2-6-16(24)7-3-15/h2-9,12,20H,10-11H2,1H3,(H,25,26)(H,27,32). The minimum atomic E-state index is -0.495. The molecule has 0 radical (unpaired) electrons. The molecule has 0 saturated carbocycles. The second-order valence-corrected chi connectivity index (χ2v) is 8.14. The van der Waals surface area contributed by atoms with Crippen molar-refractivity contribution in [1.29, 1.82) is 0 Å². The number of nitrogens with zero attached hydrogens (tertiary/aromatic N) is 4. The number of hydrogen-bond acceptors (Lipinski definition) is 6. The smallest absolute Gasteiger partial charge is 0.322 e. The Balaban J connectivity index is 1.42. The molecule has 1 aliphatic heterocycles. The summed E-state index contributed by atoms with van der Waals surface area (Å²) >= 11 is 5.97. The highest BCUT2D eigenvalue weighted by Gasteiger charge is 2.36. The molecule has 10 heteroatoms. The molecule has 0 bridgehead atoms. The second kappa shape index (κ2) is 8.51. The Morgan fingerprint density at radius 2 is 1.91 bits per heavy atom. The number of carbonyl (C=O) groups is 2. The molecule has 9 nitrogen and oxygen atoms in total. The van der Waals surface area contributed by atoms with Gasteiger partial charge in [0.25, 0.3) is 0 Å². The van der Waals surface area contributed by atoms with Gasteiger partial charge in [0.05, 0.1) is 24.3 Å². The number of anilines is 1. The molecule has 3 heterocycles. The average Bonchev–Trinajstić information content (AvgIpc) is 3.48. The Morgan fingerprint density at radius 1 is 1.15 bits per heavy atom. The van der Waals surface area contributed by atoms with Crippen LogP contribution in [0.2, 0.25) is 5.02 Å². The number of aromatic amines is 1. The fourth-order valence-electron chi connectivity index (χ4n) is 3.74. The van der Waals surface area contributed by atoms with Gasteiger partial charge in [0.1, 0.15) is 6.04 Å². The fourth-order valence-corrected chi connectivity index (χ4v) is 3.87. The monoisotopic (exact) mass is 462 g/mol. The number of amides is 2. The Hall–Kier alpha value is -3.98. The van der Waals surface area contributed by atoms with Gasteiger partial charge in [0.15, 0.2) is 5.78 Å². The summed E-state index contributed by atoms with van der Waals surface area (Å²) in [5, 5.41) is 7.58. The summed E-state index contributed by atoms with van der Waals surface area (Å²) in [4.78, 5) is 38.3. The van der Waals surface area contributed by atoms with Crippen LogP contribution in [0.15, 0.2) is 59.4 Å². The highest BCUT2D eigenvalue weighted by atomic mass is 35.5. The number of halogens is 1. The van der Waals surface area contributed by atoms with Crippen molar-refractivity contribution in [3.05, 3.63) is 82.7 Å². The van der Waals surface area contributed by atoms with Gasteiger partial charge in [-0.15, -0.1) is 0 Å². The molecule has 2 aromatic carbocycles. The molecular formula is C23H19ClN6O3. The Labute approximate surface area is 193 Å². The quantitative estimate of drug-likeness (QED) is 0.426. The van der Waals surface area contributed by atoms with Crippen molar-refractivity contribution >= 4 is 29.1 Å². The number of fused-ring (bicyclic) bond motifs is 1. The van der Waals surface area contributed by atoms with E-state index in [9.17, 15) is 9.59 Å². The van der Waals surface area contributed by atoms with Gasteiger partial charge in [0, 0.05) is 28.3 Å². The zero-order valence-corrected chi connectivity index (χ0v) is 18.3. The Kier molecular flexibility index (Phi) is 5.39. The van der Waals surface area contributed by atoms with E-state index in [2.05, 4.69) is 25.4 Å². The number of hydrogen-bond donors (Lipinski definition) is 2. The number of nitrogens with one attached hydrogen (secondary N) is 2. The van der Waals surface area contributed by atoms with Gasteiger partial charge in [-0.25, -0.2) is 9.78 Å². The Bertz CT molecular complexity index is 1310. The van der Waals surface area contributed by atoms with Crippen molar-refractivity contribution < 1.29 is 14.1 Å². The summed E-state index contributed by atoms with van der Waals surface area (Å²) in [5.41, 5.74) is 3.61. The zero-order chi connectivity index (χ0) is 22.9. The highest BCUT2D eigenvalue weighted by molar-refractivity contribution is 6.30. The summed E-state index contributed by atoms with van der Waals surface area (Å²) in [5.74, 6) is 0.689. The minimum absolute atomic E-state index is 0.0383. The number of Topliss-reactive ketones (excluding diaryl/α,β-unsaturated/α-hetero) is 1. The van der Waals surface area contributed by atoms with Crippen molar-refractivity contribution in [1.82, 2.24) is 25.0 Å². The van der Waals surface area contributed by atoms with Gasteiger partial charge in [0.2, 0.25) is 11.7 Å². The first-order valence-corrected chi connectivity index (χ1v) is 10.6. The van der Waals surface area contributed by atoms with Crippen molar-refractivity contribution in [2.45, 2.75) is 25.9 Å². The van der Waals surface area contributed by atoms with Crippen molar-refractivity contribution in [3.63, 3.8) is 0 Å². The van der Waals surface area contributed by atoms with Crippen LogP contribution < -0.4 is 5.32 Å².